The topological polar surface area (TPSA) is 18.5 Å². The van der Waals surface area contributed by atoms with Crippen molar-refractivity contribution in [3.63, 3.8) is 0 Å². The van der Waals surface area contributed by atoms with E-state index in [1.54, 1.807) is 0 Å². The molecule has 115 valence electrons. The van der Waals surface area contributed by atoms with E-state index in [1.807, 2.05) is 60.7 Å². The fourth-order valence-electron chi connectivity index (χ4n) is 1.44. The third kappa shape index (κ3) is 7.21. The van der Waals surface area contributed by atoms with Gasteiger partial charge in [0.1, 0.15) is 0 Å². The first-order valence-corrected chi connectivity index (χ1v) is 10.4. The molecule has 0 amide bonds. The average molecular weight is 364 g/mol. The van der Waals surface area contributed by atoms with E-state index in [1.165, 1.54) is 0 Å². The molecule has 0 bridgehead atoms. The molecule has 0 N–H and O–H groups in total. The molecule has 21 heavy (non-hydrogen) atoms. The van der Waals surface area contributed by atoms with Crippen LogP contribution in [0.15, 0.2) is 60.7 Å². The van der Waals surface area contributed by atoms with Crippen LogP contribution in [-0.2, 0) is 14.4 Å². The zero-order valence-corrected chi connectivity index (χ0v) is 15.5. The van der Waals surface area contributed by atoms with Gasteiger partial charge in [0.25, 0.3) is 0 Å². The molecule has 1 unspecified atom stereocenters. The third-order valence-electron chi connectivity index (χ3n) is 2.22. The summed E-state index contributed by atoms with van der Waals surface area (Å²) in [6.07, 6.45) is 0. The summed E-state index contributed by atoms with van der Waals surface area (Å²) in [5.41, 5.74) is 0. The van der Waals surface area contributed by atoms with Gasteiger partial charge in [-0.05, 0) is 0 Å². The Kier molecular flexibility index (Phi) is 7.57. The first-order chi connectivity index (χ1) is 9.53. The van der Waals surface area contributed by atoms with Gasteiger partial charge in [0, 0.05) is 0 Å². The van der Waals surface area contributed by atoms with E-state index in [-0.39, 0.29) is 17.6 Å². The monoisotopic (exact) mass is 363 g/mol. The summed E-state index contributed by atoms with van der Waals surface area (Å²) in [6.45, 7) is 6.68. The van der Waals surface area contributed by atoms with Crippen molar-refractivity contribution in [2.24, 2.45) is 0 Å². The Labute approximate surface area is 139 Å². The van der Waals surface area contributed by atoms with Crippen LogP contribution in [0.1, 0.15) is 20.8 Å². The first-order valence-electron chi connectivity index (χ1n) is 6.52. The Morgan fingerprint density at radius 2 is 1.14 bits per heavy atom. The van der Waals surface area contributed by atoms with Crippen LogP contribution < -0.4 is 7.58 Å². The first kappa shape index (κ1) is 18.3. The molecule has 2 aromatic carbocycles. The Morgan fingerprint density at radius 1 is 0.762 bits per heavy atom. The molecule has 0 fully saturated rings. The van der Waals surface area contributed by atoms with Gasteiger partial charge in [0.05, 0.1) is 0 Å². The molecule has 0 spiro atoms. The second kappa shape index (κ2) is 8.67. The van der Waals surface area contributed by atoms with Crippen LogP contribution in [0.2, 0.25) is 0 Å². The summed E-state index contributed by atoms with van der Waals surface area (Å²) in [5, 5.41) is 0.216. The molecule has 0 aliphatic heterocycles. The fraction of sp³-hybridized carbons (Fsp3) is 0.250. The molecule has 2 aromatic rings. The largest absolute Gasteiger partial charge is 0.147 e. The van der Waals surface area contributed by atoms with Crippen LogP contribution in [0.25, 0.3) is 0 Å². The fourth-order valence-corrected chi connectivity index (χ4v) is 6.49. The van der Waals surface area contributed by atoms with Crippen molar-refractivity contribution in [2.75, 3.05) is 0 Å². The summed E-state index contributed by atoms with van der Waals surface area (Å²) < 4.78 is 12.2. The summed E-state index contributed by atoms with van der Waals surface area (Å²) >= 11 is -1.63. The average Bonchev–Trinajstić information content (AvgIpc) is 2.39. The zero-order chi connectivity index (χ0) is 14.4. The Bertz CT molecular complexity index is 475. The normalized spacial score (nSPS) is 11.4. The Morgan fingerprint density at radius 3 is 1.48 bits per heavy atom. The van der Waals surface area contributed by atoms with Gasteiger partial charge in [-0.2, -0.15) is 0 Å². The molecule has 5 heteroatoms. The number of hydrogen-bond donors (Lipinski definition) is 0. The minimum atomic E-state index is -1.63. The zero-order valence-electron chi connectivity index (χ0n) is 12.4. The van der Waals surface area contributed by atoms with E-state index in [0.717, 1.165) is 11.5 Å². The number of benzene rings is 2. The van der Waals surface area contributed by atoms with Crippen LogP contribution in [0.3, 0.4) is 0 Å². The van der Waals surface area contributed by atoms with E-state index in [9.17, 15) is 0 Å². The Hall–Kier alpha value is -0.708. The van der Waals surface area contributed by atoms with Crippen LogP contribution in [0, 0.1) is 0 Å². The predicted molar refractivity (Wildman–Crippen MR) is 89.5 cm³/mol. The minimum Gasteiger partial charge on any atom is -0.147 e. The number of para-hydroxylation sites is 2. The van der Waals surface area contributed by atoms with Gasteiger partial charge < -0.3 is 0 Å². The van der Waals surface area contributed by atoms with Crippen molar-refractivity contribution in [1.82, 2.24) is 0 Å². The number of hydrogen-bond acceptors (Lipinski definition) is 2. The predicted octanol–water partition coefficient (Wildman–Crippen LogP) is 5.41. The summed E-state index contributed by atoms with van der Waals surface area (Å²) in [5.74, 6) is 1.79. The van der Waals surface area contributed by atoms with Crippen molar-refractivity contribution in [1.29, 1.82) is 0 Å². The molecule has 0 heterocycles. The van der Waals surface area contributed by atoms with Gasteiger partial charge in [-0.25, -0.2) is 0 Å². The maximum Gasteiger partial charge on any atom is -0.147 e. The quantitative estimate of drug-likeness (QED) is 0.661. The van der Waals surface area contributed by atoms with Crippen molar-refractivity contribution >= 4 is 19.6 Å². The second-order valence-electron chi connectivity index (χ2n) is 5.38. The molecular formula is C16H21ClCrO2P. The van der Waals surface area contributed by atoms with Crippen molar-refractivity contribution < 1.29 is 21.9 Å². The van der Waals surface area contributed by atoms with Crippen molar-refractivity contribution in [2.45, 2.75) is 25.9 Å². The van der Waals surface area contributed by atoms with Gasteiger partial charge in [-0.3, -0.25) is 0 Å². The van der Waals surface area contributed by atoms with Gasteiger partial charge in [-0.1, -0.05) is 0 Å². The van der Waals surface area contributed by atoms with E-state index >= 15 is 0 Å². The summed E-state index contributed by atoms with van der Waals surface area (Å²) in [7, 11) is 0.664. The van der Waals surface area contributed by atoms with Crippen molar-refractivity contribution in [3.05, 3.63) is 60.7 Å². The maximum atomic E-state index is 6.11. The molecule has 2 rings (SSSR count). The van der Waals surface area contributed by atoms with Crippen LogP contribution in [0.5, 0.6) is 11.5 Å². The molecule has 1 atom stereocenters. The Balaban J connectivity index is 0.00000220. The van der Waals surface area contributed by atoms with E-state index in [4.69, 9.17) is 7.58 Å². The molecule has 0 aliphatic rings. The summed E-state index contributed by atoms with van der Waals surface area (Å²) in [4.78, 5) is 0. The van der Waals surface area contributed by atoms with Crippen LogP contribution >= 0.6 is 19.6 Å². The van der Waals surface area contributed by atoms with Gasteiger partial charge in [0.15, 0.2) is 0 Å². The SMILES string of the molecule is CC(C)(C)[PH][Cr]([O]c1ccccc1)[O]c1ccccc1.Cl. The van der Waals surface area contributed by atoms with E-state index in [2.05, 4.69) is 20.8 Å². The smallest absolute Gasteiger partial charge is 0.147 e. The van der Waals surface area contributed by atoms with Gasteiger partial charge >= 0.3 is 127 Å². The van der Waals surface area contributed by atoms with E-state index < -0.39 is 14.4 Å². The minimum absolute atomic E-state index is 0. The molecule has 2 nitrogen and oxygen atoms in total. The molecule has 0 aromatic heterocycles. The molecule has 0 saturated heterocycles. The number of rotatable bonds is 5. The number of halogens is 1. The maximum absolute atomic E-state index is 6.11. The molecule has 0 aliphatic carbocycles. The van der Waals surface area contributed by atoms with E-state index in [0.29, 0.717) is 7.23 Å². The molecule has 0 saturated carbocycles. The summed E-state index contributed by atoms with van der Waals surface area (Å²) in [6, 6.07) is 19.9. The third-order valence-corrected chi connectivity index (χ3v) is 8.41. The standard InChI is InChI=1S/2C6H6O.C4H10P.ClH.Cr/c2*7-6-4-2-1-3-5-6;1-4(2,3)5;;/h2*1-5,7H;5H,1-3H3;1H;/q;;-1;;+3/p-2. The molecular weight excluding hydrogens is 343 g/mol. The van der Waals surface area contributed by atoms with Crippen molar-refractivity contribution in [3.8, 4) is 11.5 Å². The van der Waals surface area contributed by atoms with Gasteiger partial charge in [-0.15, -0.1) is 12.4 Å². The van der Waals surface area contributed by atoms with Crippen LogP contribution in [0.4, 0.5) is 0 Å². The van der Waals surface area contributed by atoms with Crippen LogP contribution in [-0.4, -0.2) is 5.16 Å². The second-order valence-corrected chi connectivity index (χ2v) is 10.7. The molecule has 0 radical (unpaired) electrons. The van der Waals surface area contributed by atoms with Gasteiger partial charge in [0.2, 0.25) is 0 Å².